The minimum absolute atomic E-state index is 0.0516. The summed E-state index contributed by atoms with van der Waals surface area (Å²) < 4.78 is 0. The Balaban J connectivity index is 1.51. The maximum absolute atomic E-state index is 12.2. The van der Waals surface area contributed by atoms with Gasteiger partial charge in [-0.2, -0.15) is 0 Å². The van der Waals surface area contributed by atoms with Gasteiger partial charge in [-0.3, -0.25) is 9.59 Å². The highest BCUT2D eigenvalue weighted by Crippen LogP contribution is 2.25. The molecule has 0 bridgehead atoms. The molecule has 1 aromatic heterocycles. The molecule has 0 atom stereocenters. The standard InChI is InChI=1S/C19H24N2O3/c1-12-3-2-4-16-14(11-20-18(12)16)7-10-17(22)21-15-8-5-13(6-9-15)19(23)24/h2-4,11,13,15,20H,5-10H2,1H3,(H,21,22)(H,23,24). The second kappa shape index (κ2) is 7.07. The molecule has 128 valence electrons. The van der Waals surface area contributed by atoms with Crippen LogP contribution < -0.4 is 5.32 Å². The number of aromatic nitrogens is 1. The first-order valence-electron chi connectivity index (χ1n) is 8.62. The molecule has 0 spiro atoms. The third-order valence-electron chi connectivity index (χ3n) is 5.07. The zero-order valence-corrected chi connectivity index (χ0v) is 14.0. The summed E-state index contributed by atoms with van der Waals surface area (Å²) in [6, 6.07) is 6.32. The Hall–Kier alpha value is -2.30. The van der Waals surface area contributed by atoms with E-state index in [2.05, 4.69) is 29.4 Å². The number of rotatable bonds is 5. The summed E-state index contributed by atoms with van der Waals surface area (Å²) in [5.74, 6) is -0.905. The van der Waals surface area contributed by atoms with Crippen molar-refractivity contribution in [1.29, 1.82) is 0 Å². The maximum atomic E-state index is 12.2. The average Bonchev–Trinajstić information content (AvgIpc) is 2.98. The van der Waals surface area contributed by atoms with Gasteiger partial charge in [-0.05, 0) is 50.2 Å². The first kappa shape index (κ1) is 16.6. The van der Waals surface area contributed by atoms with Crippen LogP contribution in [0.15, 0.2) is 24.4 Å². The van der Waals surface area contributed by atoms with Crippen LogP contribution in [0.1, 0.15) is 43.2 Å². The average molecular weight is 328 g/mol. The number of fused-ring (bicyclic) bond motifs is 1. The van der Waals surface area contributed by atoms with E-state index in [1.165, 1.54) is 16.5 Å². The van der Waals surface area contributed by atoms with Gasteiger partial charge in [0.1, 0.15) is 0 Å². The molecular formula is C19H24N2O3. The summed E-state index contributed by atoms with van der Waals surface area (Å²) in [6.45, 7) is 2.07. The Kier molecular flexibility index (Phi) is 4.88. The molecule has 0 unspecified atom stereocenters. The number of aliphatic carboxylic acids is 1. The van der Waals surface area contributed by atoms with Crippen molar-refractivity contribution in [3.63, 3.8) is 0 Å². The van der Waals surface area contributed by atoms with Gasteiger partial charge in [0, 0.05) is 29.6 Å². The zero-order chi connectivity index (χ0) is 17.1. The van der Waals surface area contributed by atoms with Gasteiger partial charge in [0.15, 0.2) is 0 Å². The van der Waals surface area contributed by atoms with E-state index in [0.29, 0.717) is 25.7 Å². The fourth-order valence-corrected chi connectivity index (χ4v) is 3.60. The number of nitrogens with one attached hydrogen (secondary N) is 2. The summed E-state index contributed by atoms with van der Waals surface area (Å²) in [5.41, 5.74) is 3.51. The number of carbonyl (C=O) groups is 2. The second-order valence-electron chi connectivity index (χ2n) is 6.77. The number of amides is 1. The molecule has 1 heterocycles. The summed E-state index contributed by atoms with van der Waals surface area (Å²) in [6.07, 6.45) is 5.98. The second-order valence-corrected chi connectivity index (χ2v) is 6.77. The molecule has 2 aromatic rings. The Labute approximate surface area is 141 Å². The predicted octanol–water partition coefficient (Wildman–Crippen LogP) is 3.17. The van der Waals surface area contributed by atoms with Crippen LogP contribution in [-0.2, 0) is 16.0 Å². The molecule has 0 radical (unpaired) electrons. The highest BCUT2D eigenvalue weighted by molar-refractivity contribution is 5.86. The van der Waals surface area contributed by atoms with E-state index in [1.54, 1.807) is 0 Å². The third kappa shape index (κ3) is 3.61. The molecule has 0 aliphatic heterocycles. The van der Waals surface area contributed by atoms with Gasteiger partial charge in [-0.1, -0.05) is 18.2 Å². The Morgan fingerprint density at radius 3 is 2.71 bits per heavy atom. The molecule has 1 aliphatic rings. The SMILES string of the molecule is Cc1cccc2c(CCC(=O)NC3CCC(C(=O)O)CC3)c[nH]c12. The number of aryl methyl sites for hydroxylation is 2. The number of benzene rings is 1. The quantitative estimate of drug-likeness (QED) is 0.788. The van der Waals surface area contributed by atoms with Crippen LogP contribution in [0.4, 0.5) is 0 Å². The summed E-state index contributed by atoms with van der Waals surface area (Å²) in [4.78, 5) is 26.4. The lowest BCUT2D eigenvalue weighted by Gasteiger charge is -2.26. The van der Waals surface area contributed by atoms with E-state index in [1.807, 2.05) is 12.3 Å². The van der Waals surface area contributed by atoms with Gasteiger partial charge in [0.25, 0.3) is 0 Å². The lowest BCUT2D eigenvalue weighted by atomic mass is 9.86. The van der Waals surface area contributed by atoms with Gasteiger partial charge < -0.3 is 15.4 Å². The van der Waals surface area contributed by atoms with Crippen LogP contribution in [0.25, 0.3) is 10.9 Å². The molecule has 5 heteroatoms. The number of aromatic amines is 1. The fraction of sp³-hybridized carbons (Fsp3) is 0.474. The molecule has 1 aliphatic carbocycles. The highest BCUT2D eigenvalue weighted by atomic mass is 16.4. The van der Waals surface area contributed by atoms with Gasteiger partial charge in [-0.25, -0.2) is 0 Å². The summed E-state index contributed by atoms with van der Waals surface area (Å²) >= 11 is 0. The first-order chi connectivity index (χ1) is 11.5. The van der Waals surface area contributed by atoms with Gasteiger partial charge >= 0.3 is 5.97 Å². The predicted molar refractivity (Wildman–Crippen MR) is 92.9 cm³/mol. The van der Waals surface area contributed by atoms with E-state index >= 15 is 0 Å². The van der Waals surface area contributed by atoms with E-state index < -0.39 is 5.97 Å². The normalized spacial score (nSPS) is 20.9. The molecule has 0 saturated heterocycles. The lowest BCUT2D eigenvalue weighted by molar-refractivity contribution is -0.142. The van der Waals surface area contributed by atoms with Gasteiger partial charge in [0.2, 0.25) is 5.91 Å². The number of H-pyrrole nitrogens is 1. The van der Waals surface area contributed by atoms with Crippen molar-refractivity contribution in [2.24, 2.45) is 5.92 Å². The van der Waals surface area contributed by atoms with Crippen LogP contribution in [0.3, 0.4) is 0 Å². The smallest absolute Gasteiger partial charge is 0.306 e. The molecule has 1 fully saturated rings. The zero-order valence-electron chi connectivity index (χ0n) is 14.0. The number of hydrogen-bond donors (Lipinski definition) is 3. The Morgan fingerprint density at radius 2 is 2.00 bits per heavy atom. The van der Waals surface area contributed by atoms with Crippen molar-refractivity contribution >= 4 is 22.8 Å². The highest BCUT2D eigenvalue weighted by Gasteiger charge is 2.26. The molecule has 1 aromatic carbocycles. The van der Waals surface area contributed by atoms with Crippen LogP contribution in [0, 0.1) is 12.8 Å². The molecule has 3 rings (SSSR count). The molecule has 1 saturated carbocycles. The van der Waals surface area contributed by atoms with E-state index in [4.69, 9.17) is 5.11 Å². The number of carbonyl (C=O) groups excluding carboxylic acids is 1. The van der Waals surface area contributed by atoms with E-state index in [9.17, 15) is 9.59 Å². The van der Waals surface area contributed by atoms with E-state index in [-0.39, 0.29) is 17.9 Å². The number of para-hydroxylation sites is 1. The van der Waals surface area contributed by atoms with Crippen molar-refractivity contribution in [2.45, 2.75) is 51.5 Å². The molecule has 3 N–H and O–H groups in total. The van der Waals surface area contributed by atoms with Crippen molar-refractivity contribution in [2.75, 3.05) is 0 Å². The monoisotopic (exact) mass is 328 g/mol. The Morgan fingerprint density at radius 1 is 1.25 bits per heavy atom. The number of carboxylic acid groups (broad SMARTS) is 1. The first-order valence-corrected chi connectivity index (χ1v) is 8.62. The maximum Gasteiger partial charge on any atom is 0.306 e. The minimum Gasteiger partial charge on any atom is -0.481 e. The van der Waals surface area contributed by atoms with Crippen LogP contribution >= 0.6 is 0 Å². The molecule has 24 heavy (non-hydrogen) atoms. The van der Waals surface area contributed by atoms with Crippen molar-refractivity contribution in [3.8, 4) is 0 Å². The van der Waals surface area contributed by atoms with Gasteiger partial charge in [0.05, 0.1) is 5.92 Å². The lowest BCUT2D eigenvalue weighted by Crippen LogP contribution is -2.38. The largest absolute Gasteiger partial charge is 0.481 e. The van der Waals surface area contributed by atoms with Crippen molar-refractivity contribution in [3.05, 3.63) is 35.5 Å². The minimum atomic E-state index is -0.714. The fourth-order valence-electron chi connectivity index (χ4n) is 3.60. The van der Waals surface area contributed by atoms with E-state index in [0.717, 1.165) is 18.4 Å². The van der Waals surface area contributed by atoms with Crippen molar-refractivity contribution < 1.29 is 14.7 Å². The van der Waals surface area contributed by atoms with Crippen LogP contribution in [0.5, 0.6) is 0 Å². The molecular weight excluding hydrogens is 304 g/mol. The number of hydrogen-bond acceptors (Lipinski definition) is 2. The van der Waals surface area contributed by atoms with Crippen LogP contribution in [-0.4, -0.2) is 28.0 Å². The van der Waals surface area contributed by atoms with Gasteiger partial charge in [-0.15, -0.1) is 0 Å². The topological polar surface area (TPSA) is 82.2 Å². The van der Waals surface area contributed by atoms with Crippen LogP contribution in [0.2, 0.25) is 0 Å². The number of carboxylic acids is 1. The third-order valence-corrected chi connectivity index (χ3v) is 5.07. The van der Waals surface area contributed by atoms with Crippen molar-refractivity contribution in [1.82, 2.24) is 10.3 Å². The summed E-state index contributed by atoms with van der Waals surface area (Å²) in [5, 5.41) is 13.3. The molecule has 1 amide bonds. The summed E-state index contributed by atoms with van der Waals surface area (Å²) in [7, 11) is 0. The Bertz CT molecular complexity index is 742. The molecule has 5 nitrogen and oxygen atoms in total.